The van der Waals surface area contributed by atoms with Gasteiger partial charge in [0, 0.05) is 19.5 Å². The van der Waals surface area contributed by atoms with Gasteiger partial charge in [-0.1, -0.05) is 31.3 Å². The maximum Gasteiger partial charge on any atom is 0.242 e. The van der Waals surface area contributed by atoms with E-state index in [2.05, 4.69) is 0 Å². The predicted octanol–water partition coefficient (Wildman–Crippen LogP) is 1.54. The molecule has 2 N–H and O–H groups in total. The second-order valence-corrected chi connectivity index (χ2v) is 6.92. The van der Waals surface area contributed by atoms with Gasteiger partial charge in [0.05, 0.1) is 9.88 Å². The normalized spacial score (nSPS) is 13.6. The summed E-state index contributed by atoms with van der Waals surface area (Å²) in [5, 5.41) is 0. The van der Waals surface area contributed by atoms with E-state index >= 15 is 0 Å². The minimum atomic E-state index is -3.47. The SMILES string of the molecule is Cc1cccc(S(=O)(=O)N(C)CC(C)C(N)=S)c1. The van der Waals surface area contributed by atoms with Crippen molar-refractivity contribution in [2.75, 3.05) is 13.6 Å². The van der Waals surface area contributed by atoms with Crippen LogP contribution in [0.25, 0.3) is 0 Å². The molecule has 0 amide bonds. The maximum atomic E-state index is 12.3. The number of sulfonamides is 1. The zero-order valence-electron chi connectivity index (χ0n) is 10.8. The number of nitrogens with zero attached hydrogens (tertiary/aromatic N) is 1. The third kappa shape index (κ3) is 3.51. The van der Waals surface area contributed by atoms with Crippen LogP contribution in [0.2, 0.25) is 0 Å². The molecule has 0 saturated heterocycles. The van der Waals surface area contributed by atoms with Crippen LogP contribution in [0.3, 0.4) is 0 Å². The van der Waals surface area contributed by atoms with Gasteiger partial charge in [-0.2, -0.15) is 0 Å². The second kappa shape index (κ2) is 5.77. The molecule has 0 spiro atoms. The Labute approximate surface area is 114 Å². The van der Waals surface area contributed by atoms with E-state index < -0.39 is 10.0 Å². The Morgan fingerprint density at radius 3 is 2.61 bits per heavy atom. The fraction of sp³-hybridized carbons (Fsp3) is 0.417. The molecule has 1 atom stereocenters. The van der Waals surface area contributed by atoms with Crippen molar-refractivity contribution in [1.29, 1.82) is 0 Å². The molecule has 0 aliphatic carbocycles. The molecule has 0 radical (unpaired) electrons. The first-order chi connectivity index (χ1) is 8.25. The first-order valence-electron chi connectivity index (χ1n) is 5.57. The first kappa shape index (κ1) is 15.1. The molecule has 1 unspecified atom stereocenters. The van der Waals surface area contributed by atoms with Crippen LogP contribution in [0.5, 0.6) is 0 Å². The average molecular weight is 286 g/mol. The van der Waals surface area contributed by atoms with Crippen LogP contribution in [-0.4, -0.2) is 31.3 Å². The van der Waals surface area contributed by atoms with Crippen LogP contribution in [0.1, 0.15) is 12.5 Å². The molecule has 18 heavy (non-hydrogen) atoms. The van der Waals surface area contributed by atoms with Crippen LogP contribution < -0.4 is 5.73 Å². The summed E-state index contributed by atoms with van der Waals surface area (Å²) in [5.41, 5.74) is 6.41. The minimum Gasteiger partial charge on any atom is -0.393 e. The molecule has 4 nitrogen and oxygen atoms in total. The summed E-state index contributed by atoms with van der Waals surface area (Å²) in [7, 11) is -1.94. The minimum absolute atomic E-state index is 0.149. The molecule has 1 aromatic carbocycles. The molecule has 1 rings (SSSR count). The number of rotatable bonds is 5. The summed E-state index contributed by atoms with van der Waals surface area (Å²) in [6.07, 6.45) is 0. The number of hydrogen-bond donors (Lipinski definition) is 1. The molecule has 100 valence electrons. The Morgan fingerprint density at radius 2 is 2.11 bits per heavy atom. The highest BCUT2D eigenvalue weighted by atomic mass is 32.2. The predicted molar refractivity (Wildman–Crippen MR) is 76.9 cm³/mol. The van der Waals surface area contributed by atoms with Crippen molar-refractivity contribution in [3.63, 3.8) is 0 Å². The van der Waals surface area contributed by atoms with Gasteiger partial charge >= 0.3 is 0 Å². The Kier molecular flexibility index (Phi) is 4.84. The van der Waals surface area contributed by atoms with Crippen LogP contribution in [0, 0.1) is 12.8 Å². The van der Waals surface area contributed by atoms with Crippen molar-refractivity contribution in [2.24, 2.45) is 11.7 Å². The quantitative estimate of drug-likeness (QED) is 0.834. The van der Waals surface area contributed by atoms with Gasteiger partial charge in [0.25, 0.3) is 0 Å². The van der Waals surface area contributed by atoms with E-state index in [4.69, 9.17) is 18.0 Å². The molecule has 0 aromatic heterocycles. The van der Waals surface area contributed by atoms with Crippen molar-refractivity contribution in [3.05, 3.63) is 29.8 Å². The second-order valence-electron chi connectivity index (χ2n) is 4.41. The van der Waals surface area contributed by atoms with Crippen LogP contribution in [0.15, 0.2) is 29.2 Å². The molecule has 0 saturated carbocycles. The standard InChI is InChI=1S/C12H18N2O2S2/c1-9-5-4-6-11(7-9)18(15,16)14(3)8-10(2)12(13)17/h4-7,10H,8H2,1-3H3,(H2,13,17). The summed E-state index contributed by atoms with van der Waals surface area (Å²) in [4.78, 5) is 0.612. The average Bonchev–Trinajstić information content (AvgIpc) is 2.28. The number of thiocarbonyl (C=S) groups is 1. The van der Waals surface area contributed by atoms with Gasteiger partial charge in [-0.15, -0.1) is 0 Å². The smallest absolute Gasteiger partial charge is 0.242 e. The lowest BCUT2D eigenvalue weighted by Crippen LogP contribution is -2.35. The summed E-state index contributed by atoms with van der Waals surface area (Å²) in [6, 6.07) is 6.82. The van der Waals surface area contributed by atoms with Gasteiger partial charge in [-0.3, -0.25) is 0 Å². The fourth-order valence-corrected chi connectivity index (χ4v) is 2.97. The van der Waals surface area contributed by atoms with Crippen molar-refractivity contribution in [3.8, 4) is 0 Å². The monoisotopic (exact) mass is 286 g/mol. The highest BCUT2D eigenvalue weighted by Gasteiger charge is 2.23. The Bertz CT molecular complexity index is 541. The Hall–Kier alpha value is -0.980. The molecular weight excluding hydrogens is 268 g/mol. The van der Waals surface area contributed by atoms with E-state index in [0.29, 0.717) is 9.88 Å². The Morgan fingerprint density at radius 1 is 1.50 bits per heavy atom. The zero-order chi connectivity index (χ0) is 13.9. The van der Waals surface area contributed by atoms with Gasteiger partial charge in [-0.25, -0.2) is 12.7 Å². The highest BCUT2D eigenvalue weighted by Crippen LogP contribution is 2.16. The highest BCUT2D eigenvalue weighted by molar-refractivity contribution is 7.89. The zero-order valence-corrected chi connectivity index (χ0v) is 12.4. The maximum absolute atomic E-state index is 12.3. The Balaban J connectivity index is 2.97. The molecule has 0 heterocycles. The third-order valence-electron chi connectivity index (χ3n) is 2.71. The van der Waals surface area contributed by atoms with Crippen molar-refractivity contribution in [2.45, 2.75) is 18.7 Å². The van der Waals surface area contributed by atoms with Gasteiger partial charge in [0.1, 0.15) is 0 Å². The van der Waals surface area contributed by atoms with E-state index in [1.54, 1.807) is 18.2 Å². The van der Waals surface area contributed by atoms with Crippen LogP contribution in [0.4, 0.5) is 0 Å². The van der Waals surface area contributed by atoms with E-state index in [9.17, 15) is 8.42 Å². The number of aryl methyl sites for hydroxylation is 1. The molecule has 0 fully saturated rings. The van der Waals surface area contributed by atoms with Crippen molar-refractivity contribution >= 4 is 27.2 Å². The van der Waals surface area contributed by atoms with E-state index in [0.717, 1.165) is 5.56 Å². The molecule has 0 aliphatic heterocycles. The molecule has 0 bridgehead atoms. The lowest BCUT2D eigenvalue weighted by Gasteiger charge is -2.20. The number of nitrogens with two attached hydrogens (primary N) is 1. The molecule has 1 aromatic rings. The van der Waals surface area contributed by atoms with E-state index in [-0.39, 0.29) is 12.5 Å². The van der Waals surface area contributed by atoms with Gasteiger partial charge in [-0.05, 0) is 24.6 Å². The number of hydrogen-bond acceptors (Lipinski definition) is 3. The molecule has 0 aliphatic rings. The van der Waals surface area contributed by atoms with Gasteiger partial charge in [0.15, 0.2) is 0 Å². The molecular formula is C12H18N2O2S2. The topological polar surface area (TPSA) is 63.4 Å². The molecule has 6 heteroatoms. The summed E-state index contributed by atoms with van der Waals surface area (Å²) < 4.78 is 25.9. The van der Waals surface area contributed by atoms with Gasteiger partial charge in [0.2, 0.25) is 10.0 Å². The summed E-state index contributed by atoms with van der Waals surface area (Å²) in [5.74, 6) is -0.149. The van der Waals surface area contributed by atoms with Crippen molar-refractivity contribution < 1.29 is 8.42 Å². The lowest BCUT2D eigenvalue weighted by molar-refractivity contribution is 0.445. The number of benzene rings is 1. The van der Waals surface area contributed by atoms with E-state index in [1.807, 2.05) is 19.9 Å². The third-order valence-corrected chi connectivity index (χ3v) is 4.94. The van der Waals surface area contributed by atoms with Crippen LogP contribution in [-0.2, 0) is 10.0 Å². The fourth-order valence-electron chi connectivity index (χ4n) is 1.53. The van der Waals surface area contributed by atoms with E-state index in [1.165, 1.54) is 11.4 Å². The van der Waals surface area contributed by atoms with Crippen molar-refractivity contribution in [1.82, 2.24) is 4.31 Å². The van der Waals surface area contributed by atoms with Crippen LogP contribution >= 0.6 is 12.2 Å². The summed E-state index contributed by atoms with van der Waals surface area (Å²) in [6.45, 7) is 3.95. The van der Waals surface area contributed by atoms with Gasteiger partial charge < -0.3 is 5.73 Å². The lowest BCUT2D eigenvalue weighted by atomic mass is 10.2. The summed E-state index contributed by atoms with van der Waals surface area (Å²) >= 11 is 4.85. The first-order valence-corrected chi connectivity index (χ1v) is 7.42. The largest absolute Gasteiger partial charge is 0.393 e.